The van der Waals surface area contributed by atoms with Gasteiger partial charge in [-0.05, 0) is 36.3 Å². The van der Waals surface area contributed by atoms with Crippen LogP contribution in [-0.2, 0) is 20.8 Å². The van der Waals surface area contributed by atoms with Gasteiger partial charge in [0.2, 0.25) is 23.7 Å². The molecule has 1 aliphatic heterocycles. The van der Waals surface area contributed by atoms with Crippen molar-refractivity contribution in [2.45, 2.75) is 43.0 Å². The molecule has 3 amide bonds. The lowest BCUT2D eigenvalue weighted by Gasteiger charge is -2.24. The SMILES string of the molecule is NCCN(CCN)C(=O)C[C@H](N)C(=O)N[C@@H](CCc1ccccc1)C(=O)Nc1nccc(C2CC=CS2)n1. The van der Waals surface area contributed by atoms with Crippen LogP contribution in [0.1, 0.15) is 35.8 Å². The smallest absolute Gasteiger partial charge is 0.249 e. The molecule has 3 rings (SSSR count). The van der Waals surface area contributed by atoms with Crippen LogP contribution >= 0.6 is 11.8 Å². The van der Waals surface area contributed by atoms with Crippen LogP contribution in [0, 0.1) is 0 Å². The molecule has 0 spiro atoms. The van der Waals surface area contributed by atoms with Gasteiger partial charge in [-0.15, -0.1) is 11.8 Å². The van der Waals surface area contributed by atoms with Crippen LogP contribution in [0.15, 0.2) is 54.1 Å². The molecule has 11 nitrogen and oxygen atoms in total. The number of carbonyl (C=O) groups is 3. The van der Waals surface area contributed by atoms with Gasteiger partial charge < -0.3 is 27.4 Å². The monoisotopic (exact) mass is 540 g/mol. The van der Waals surface area contributed by atoms with E-state index in [4.69, 9.17) is 17.2 Å². The van der Waals surface area contributed by atoms with Crippen LogP contribution in [0.2, 0.25) is 0 Å². The highest BCUT2D eigenvalue weighted by atomic mass is 32.2. The number of thioether (sulfide) groups is 1. The summed E-state index contributed by atoms with van der Waals surface area (Å²) in [7, 11) is 0. The zero-order valence-corrected chi connectivity index (χ0v) is 22.1. The van der Waals surface area contributed by atoms with Gasteiger partial charge >= 0.3 is 0 Å². The molecule has 0 saturated heterocycles. The molecule has 0 radical (unpaired) electrons. The standard InChI is InChI=1S/C26H36N8O3S/c27-11-14-34(15-12-28)23(35)17-19(29)24(36)31-21(9-8-18-5-2-1-3-6-18)25(37)33-26-30-13-10-20(32-26)22-7-4-16-38-22/h1-6,10,13,16,19,21-22H,7-9,11-12,14-15,17,27-29H2,(H,31,36)(H,30,32,33,37)/t19-,21-,22?/m0/s1. The van der Waals surface area contributed by atoms with E-state index in [9.17, 15) is 14.4 Å². The Hall–Kier alpha value is -3.32. The Balaban J connectivity index is 1.67. The second kappa shape index (κ2) is 15.2. The Morgan fingerprint density at radius 3 is 2.47 bits per heavy atom. The van der Waals surface area contributed by atoms with Crippen molar-refractivity contribution < 1.29 is 14.4 Å². The second-order valence-corrected chi connectivity index (χ2v) is 9.99. The maximum Gasteiger partial charge on any atom is 0.249 e. The first kappa shape index (κ1) is 29.2. The van der Waals surface area contributed by atoms with Gasteiger partial charge in [0.25, 0.3) is 0 Å². The zero-order chi connectivity index (χ0) is 27.3. The van der Waals surface area contributed by atoms with Crippen LogP contribution in [-0.4, -0.2) is 70.9 Å². The van der Waals surface area contributed by atoms with E-state index in [2.05, 4.69) is 26.7 Å². The van der Waals surface area contributed by atoms with E-state index >= 15 is 0 Å². The summed E-state index contributed by atoms with van der Waals surface area (Å²) in [6.07, 6.45) is 5.16. The summed E-state index contributed by atoms with van der Waals surface area (Å²) >= 11 is 1.66. The van der Waals surface area contributed by atoms with Gasteiger partial charge in [-0.3, -0.25) is 19.7 Å². The number of nitrogens with zero attached hydrogens (tertiary/aromatic N) is 3. The molecule has 2 heterocycles. The topological polar surface area (TPSA) is 182 Å². The summed E-state index contributed by atoms with van der Waals surface area (Å²) in [4.78, 5) is 49.0. The maximum atomic E-state index is 13.3. The van der Waals surface area contributed by atoms with Crippen molar-refractivity contribution in [2.75, 3.05) is 31.5 Å². The third kappa shape index (κ3) is 8.91. The number of amides is 3. The number of aryl methyl sites for hydroxylation is 1. The summed E-state index contributed by atoms with van der Waals surface area (Å²) in [5.74, 6) is -1.22. The van der Waals surface area contributed by atoms with E-state index in [1.165, 1.54) is 4.90 Å². The molecule has 1 aromatic carbocycles. The van der Waals surface area contributed by atoms with Gasteiger partial charge in [0.05, 0.1) is 23.4 Å². The van der Waals surface area contributed by atoms with Crippen molar-refractivity contribution >= 4 is 35.4 Å². The Labute approximate surface area is 227 Å². The van der Waals surface area contributed by atoms with E-state index in [1.54, 1.807) is 18.0 Å². The predicted molar refractivity (Wildman–Crippen MR) is 149 cm³/mol. The molecule has 8 N–H and O–H groups in total. The van der Waals surface area contributed by atoms with E-state index < -0.39 is 23.9 Å². The fourth-order valence-corrected chi connectivity index (χ4v) is 4.88. The van der Waals surface area contributed by atoms with E-state index in [0.29, 0.717) is 25.9 Å². The lowest BCUT2D eigenvalue weighted by molar-refractivity contribution is -0.134. The Bertz CT molecular complexity index is 1090. The van der Waals surface area contributed by atoms with Crippen molar-refractivity contribution in [1.82, 2.24) is 20.2 Å². The fourth-order valence-electron chi connectivity index (χ4n) is 3.97. The van der Waals surface area contributed by atoms with Crippen LogP contribution in [0.25, 0.3) is 0 Å². The third-order valence-electron chi connectivity index (χ3n) is 6.01. The van der Waals surface area contributed by atoms with E-state index in [0.717, 1.165) is 17.7 Å². The highest BCUT2D eigenvalue weighted by Gasteiger charge is 2.27. The molecule has 0 bridgehead atoms. The second-order valence-electron chi connectivity index (χ2n) is 8.88. The van der Waals surface area contributed by atoms with Crippen molar-refractivity contribution in [3.63, 3.8) is 0 Å². The molecular weight excluding hydrogens is 504 g/mol. The van der Waals surface area contributed by atoms with Crippen molar-refractivity contribution in [1.29, 1.82) is 0 Å². The molecule has 3 atom stereocenters. The van der Waals surface area contributed by atoms with E-state index in [1.807, 2.05) is 41.8 Å². The molecule has 0 saturated carbocycles. The molecular formula is C26H36N8O3S. The number of hydrogen-bond donors (Lipinski definition) is 5. The van der Waals surface area contributed by atoms with Crippen LogP contribution in [0.5, 0.6) is 0 Å². The molecule has 1 unspecified atom stereocenters. The van der Waals surface area contributed by atoms with Crippen LogP contribution in [0.4, 0.5) is 5.95 Å². The number of allylic oxidation sites excluding steroid dienone is 1. The van der Waals surface area contributed by atoms with Crippen molar-refractivity contribution in [3.8, 4) is 0 Å². The molecule has 1 aromatic heterocycles. The normalized spacial score (nSPS) is 16.0. The number of nitrogens with two attached hydrogens (primary N) is 3. The summed E-state index contributed by atoms with van der Waals surface area (Å²) in [6.45, 7) is 1.18. The van der Waals surface area contributed by atoms with Gasteiger partial charge in [0.15, 0.2) is 0 Å². The van der Waals surface area contributed by atoms with Crippen molar-refractivity contribution in [3.05, 3.63) is 65.3 Å². The zero-order valence-electron chi connectivity index (χ0n) is 21.3. The Morgan fingerprint density at radius 2 is 1.82 bits per heavy atom. The number of benzene rings is 1. The third-order valence-corrected chi connectivity index (χ3v) is 7.12. The highest BCUT2D eigenvalue weighted by molar-refractivity contribution is 8.02. The summed E-state index contributed by atoms with van der Waals surface area (Å²) < 4.78 is 0. The minimum atomic E-state index is -1.14. The highest BCUT2D eigenvalue weighted by Crippen LogP contribution is 2.37. The molecule has 38 heavy (non-hydrogen) atoms. The maximum absolute atomic E-state index is 13.3. The molecule has 12 heteroatoms. The van der Waals surface area contributed by atoms with Gasteiger partial charge in [-0.2, -0.15) is 0 Å². The predicted octanol–water partition coefficient (Wildman–Crippen LogP) is 0.688. The van der Waals surface area contributed by atoms with Crippen LogP contribution < -0.4 is 27.8 Å². The molecule has 1 aliphatic rings. The number of hydrogen-bond acceptors (Lipinski definition) is 9. The molecule has 204 valence electrons. The first-order valence-electron chi connectivity index (χ1n) is 12.6. The van der Waals surface area contributed by atoms with Gasteiger partial charge in [-0.25, -0.2) is 9.97 Å². The minimum absolute atomic E-state index is 0.164. The number of nitrogens with one attached hydrogen (secondary N) is 2. The van der Waals surface area contributed by atoms with Gasteiger partial charge in [0, 0.05) is 32.4 Å². The first-order chi connectivity index (χ1) is 18.4. The first-order valence-corrected chi connectivity index (χ1v) is 13.6. The van der Waals surface area contributed by atoms with Crippen LogP contribution in [0.3, 0.4) is 0 Å². The fraction of sp³-hybridized carbons (Fsp3) is 0.423. The lowest BCUT2D eigenvalue weighted by Crippen LogP contribution is -2.52. The lowest BCUT2D eigenvalue weighted by atomic mass is 10.0. The van der Waals surface area contributed by atoms with Gasteiger partial charge in [-0.1, -0.05) is 36.4 Å². The number of rotatable bonds is 14. The summed E-state index contributed by atoms with van der Waals surface area (Å²) in [6, 6.07) is 9.40. The average molecular weight is 541 g/mol. The minimum Gasteiger partial charge on any atom is -0.343 e. The Kier molecular flexibility index (Phi) is 11.7. The number of anilines is 1. The largest absolute Gasteiger partial charge is 0.343 e. The summed E-state index contributed by atoms with van der Waals surface area (Å²) in [5.41, 5.74) is 19.0. The van der Waals surface area contributed by atoms with Gasteiger partial charge in [0.1, 0.15) is 6.04 Å². The Morgan fingerprint density at radius 1 is 1.08 bits per heavy atom. The number of carbonyl (C=O) groups excluding carboxylic acids is 3. The summed E-state index contributed by atoms with van der Waals surface area (Å²) in [5, 5.41) is 7.65. The van der Waals surface area contributed by atoms with Crippen molar-refractivity contribution in [2.24, 2.45) is 17.2 Å². The number of aromatic nitrogens is 2. The van der Waals surface area contributed by atoms with E-state index in [-0.39, 0.29) is 36.6 Å². The molecule has 2 aromatic rings. The average Bonchev–Trinajstić information content (AvgIpc) is 3.46. The molecule has 0 aliphatic carbocycles. The molecule has 0 fully saturated rings. The quantitative estimate of drug-likeness (QED) is 0.230.